The Morgan fingerprint density at radius 3 is 1.16 bits per heavy atom. The maximum Gasteiger partial charge on any atom is 0.0709 e. The van der Waals surface area contributed by atoms with Gasteiger partial charge in [-0.3, -0.25) is 0 Å². The molecule has 1 heterocycles. The van der Waals surface area contributed by atoms with E-state index in [1.165, 1.54) is 76.1 Å². The molecule has 0 aliphatic carbocycles. The van der Waals surface area contributed by atoms with Gasteiger partial charge >= 0.3 is 0 Å². The SMILES string of the molecule is c1cc(-c2ccc3ccccc3c2)nc(-c2ccc3c(-c4ccc5ccccc5c4)c4ccccc4c(-c4ccc5ccccc5c4)c3c2)c1. The van der Waals surface area contributed by atoms with Gasteiger partial charge in [0.25, 0.3) is 0 Å². The summed E-state index contributed by atoms with van der Waals surface area (Å²) < 4.78 is 0. The Balaban J connectivity index is 1.24. The second kappa shape index (κ2) is 11.5. The molecule has 0 fully saturated rings. The topological polar surface area (TPSA) is 12.9 Å². The number of fused-ring (bicyclic) bond motifs is 5. The lowest BCUT2D eigenvalue weighted by molar-refractivity contribution is 1.33. The second-order valence-corrected chi connectivity index (χ2v) is 13.1. The first-order valence-corrected chi connectivity index (χ1v) is 17.2. The number of nitrogens with zero attached hydrogens (tertiary/aromatic N) is 1. The zero-order valence-electron chi connectivity index (χ0n) is 27.3. The molecule has 0 unspecified atom stereocenters. The molecule has 0 aliphatic heterocycles. The highest BCUT2D eigenvalue weighted by Crippen LogP contribution is 2.45. The van der Waals surface area contributed by atoms with Gasteiger partial charge in [-0.25, -0.2) is 4.98 Å². The largest absolute Gasteiger partial charge is 0.248 e. The molecule has 0 saturated carbocycles. The number of hydrogen-bond acceptors (Lipinski definition) is 1. The van der Waals surface area contributed by atoms with Crippen LogP contribution in [0.1, 0.15) is 0 Å². The van der Waals surface area contributed by atoms with Gasteiger partial charge in [-0.05, 0) is 113 Å². The van der Waals surface area contributed by atoms with Crippen LogP contribution in [0.5, 0.6) is 0 Å². The molecule has 50 heavy (non-hydrogen) atoms. The smallest absolute Gasteiger partial charge is 0.0709 e. The van der Waals surface area contributed by atoms with E-state index in [0.29, 0.717) is 0 Å². The van der Waals surface area contributed by atoms with E-state index in [9.17, 15) is 0 Å². The van der Waals surface area contributed by atoms with Crippen molar-refractivity contribution in [1.29, 1.82) is 0 Å². The highest BCUT2D eigenvalue weighted by atomic mass is 14.7. The van der Waals surface area contributed by atoms with Crippen molar-refractivity contribution >= 4 is 53.9 Å². The van der Waals surface area contributed by atoms with Crippen LogP contribution in [-0.2, 0) is 0 Å². The summed E-state index contributed by atoms with van der Waals surface area (Å²) in [5, 5.41) is 12.4. The number of pyridine rings is 1. The molecular weight excluding hydrogens is 603 g/mol. The zero-order chi connectivity index (χ0) is 33.0. The van der Waals surface area contributed by atoms with E-state index in [4.69, 9.17) is 4.98 Å². The van der Waals surface area contributed by atoms with E-state index in [0.717, 1.165) is 22.5 Å². The first-order valence-electron chi connectivity index (χ1n) is 17.2. The maximum absolute atomic E-state index is 5.25. The van der Waals surface area contributed by atoms with Crippen molar-refractivity contribution in [3.05, 3.63) is 188 Å². The molecule has 0 spiro atoms. The van der Waals surface area contributed by atoms with Crippen molar-refractivity contribution in [1.82, 2.24) is 4.98 Å². The maximum atomic E-state index is 5.25. The lowest BCUT2D eigenvalue weighted by Crippen LogP contribution is -1.93. The first-order chi connectivity index (χ1) is 24.8. The standard InChI is InChI=1S/C49H31N/c1-4-13-35-28-38(23-20-32(35)10-1)46-18-9-19-47(50-46)39-26-27-44-45(31-39)49(41-25-22-34-12-3-6-15-37(34)30-41)43-17-8-7-16-42(43)48(44)40-24-21-33-11-2-5-14-36(33)29-40/h1-31H. The van der Waals surface area contributed by atoms with Gasteiger partial charge in [0.15, 0.2) is 0 Å². The van der Waals surface area contributed by atoms with Crippen molar-refractivity contribution in [3.8, 4) is 44.8 Å². The summed E-state index contributed by atoms with van der Waals surface area (Å²) in [6.45, 7) is 0. The third-order valence-corrected chi connectivity index (χ3v) is 10.2. The van der Waals surface area contributed by atoms with Gasteiger partial charge in [-0.15, -0.1) is 0 Å². The molecule has 232 valence electrons. The first kappa shape index (κ1) is 28.4. The van der Waals surface area contributed by atoms with Crippen molar-refractivity contribution in [2.45, 2.75) is 0 Å². The molecule has 9 aromatic carbocycles. The predicted octanol–water partition coefficient (Wildman–Crippen LogP) is 13.5. The van der Waals surface area contributed by atoms with Crippen LogP contribution in [-0.4, -0.2) is 4.98 Å². The summed E-state index contributed by atoms with van der Waals surface area (Å²) in [7, 11) is 0. The molecule has 0 bridgehead atoms. The van der Waals surface area contributed by atoms with E-state index < -0.39 is 0 Å². The monoisotopic (exact) mass is 633 g/mol. The van der Waals surface area contributed by atoms with Crippen molar-refractivity contribution < 1.29 is 0 Å². The fourth-order valence-electron chi connectivity index (χ4n) is 7.75. The number of rotatable bonds is 4. The molecule has 0 N–H and O–H groups in total. The van der Waals surface area contributed by atoms with Gasteiger partial charge in [-0.1, -0.05) is 152 Å². The lowest BCUT2D eigenvalue weighted by Gasteiger charge is -2.19. The van der Waals surface area contributed by atoms with Gasteiger partial charge in [-0.2, -0.15) is 0 Å². The Kier molecular flexibility index (Phi) is 6.57. The molecule has 0 aliphatic rings. The van der Waals surface area contributed by atoms with Crippen LogP contribution in [0.2, 0.25) is 0 Å². The Morgan fingerprint density at radius 1 is 0.240 bits per heavy atom. The quantitative estimate of drug-likeness (QED) is 0.176. The molecule has 0 amide bonds. The highest BCUT2D eigenvalue weighted by Gasteiger charge is 2.18. The summed E-state index contributed by atoms with van der Waals surface area (Å²) in [5.41, 5.74) is 9.09. The highest BCUT2D eigenvalue weighted by molar-refractivity contribution is 6.22. The summed E-state index contributed by atoms with van der Waals surface area (Å²) >= 11 is 0. The van der Waals surface area contributed by atoms with Crippen LogP contribution in [0, 0.1) is 0 Å². The third-order valence-electron chi connectivity index (χ3n) is 10.2. The van der Waals surface area contributed by atoms with Crippen LogP contribution in [0.15, 0.2) is 188 Å². The van der Waals surface area contributed by atoms with Crippen molar-refractivity contribution in [3.63, 3.8) is 0 Å². The predicted molar refractivity (Wildman–Crippen MR) is 214 cm³/mol. The average molecular weight is 634 g/mol. The molecule has 1 aromatic heterocycles. The minimum Gasteiger partial charge on any atom is -0.248 e. The molecule has 0 atom stereocenters. The summed E-state index contributed by atoms with van der Waals surface area (Å²) in [6.07, 6.45) is 0. The molecule has 0 saturated heterocycles. The summed E-state index contributed by atoms with van der Waals surface area (Å²) in [4.78, 5) is 5.25. The van der Waals surface area contributed by atoms with Crippen molar-refractivity contribution in [2.24, 2.45) is 0 Å². The number of hydrogen-bond donors (Lipinski definition) is 0. The lowest BCUT2D eigenvalue weighted by atomic mass is 9.84. The molecule has 10 rings (SSSR count). The van der Waals surface area contributed by atoms with Crippen molar-refractivity contribution in [2.75, 3.05) is 0 Å². The van der Waals surface area contributed by atoms with Crippen LogP contribution >= 0.6 is 0 Å². The summed E-state index contributed by atoms with van der Waals surface area (Å²) in [6, 6.07) is 68.3. The van der Waals surface area contributed by atoms with Crippen LogP contribution in [0.25, 0.3) is 98.6 Å². The van der Waals surface area contributed by atoms with E-state index in [2.05, 4.69) is 188 Å². The van der Waals surface area contributed by atoms with E-state index in [1.807, 2.05) is 0 Å². The molecular formula is C49H31N. The van der Waals surface area contributed by atoms with Gasteiger partial charge < -0.3 is 0 Å². The fourth-order valence-corrected chi connectivity index (χ4v) is 7.75. The van der Waals surface area contributed by atoms with Gasteiger partial charge in [0, 0.05) is 11.1 Å². The fraction of sp³-hybridized carbons (Fsp3) is 0. The summed E-state index contributed by atoms with van der Waals surface area (Å²) in [5.74, 6) is 0. The zero-order valence-corrected chi connectivity index (χ0v) is 27.3. The minimum absolute atomic E-state index is 0.961. The second-order valence-electron chi connectivity index (χ2n) is 13.1. The van der Waals surface area contributed by atoms with Crippen LogP contribution < -0.4 is 0 Å². The van der Waals surface area contributed by atoms with E-state index in [1.54, 1.807) is 0 Å². The molecule has 10 aromatic rings. The van der Waals surface area contributed by atoms with E-state index >= 15 is 0 Å². The molecule has 1 heteroatoms. The molecule has 0 radical (unpaired) electrons. The Hall–Kier alpha value is -6.57. The third kappa shape index (κ3) is 4.75. The average Bonchev–Trinajstić information content (AvgIpc) is 3.19. The van der Waals surface area contributed by atoms with Gasteiger partial charge in [0.05, 0.1) is 11.4 Å². The number of aromatic nitrogens is 1. The number of benzene rings is 9. The van der Waals surface area contributed by atoms with Gasteiger partial charge in [0.2, 0.25) is 0 Å². The van der Waals surface area contributed by atoms with Gasteiger partial charge in [0.1, 0.15) is 0 Å². The Labute approximate surface area is 290 Å². The van der Waals surface area contributed by atoms with Crippen LogP contribution in [0.4, 0.5) is 0 Å². The Morgan fingerprint density at radius 2 is 0.620 bits per heavy atom. The normalized spacial score (nSPS) is 11.6. The molecule has 1 nitrogen and oxygen atoms in total. The minimum atomic E-state index is 0.961. The van der Waals surface area contributed by atoms with Crippen LogP contribution in [0.3, 0.4) is 0 Å². The van der Waals surface area contributed by atoms with E-state index in [-0.39, 0.29) is 0 Å². The Bertz CT molecular complexity index is 2930.